The quantitative estimate of drug-likeness (QED) is 0.00437. The molecule has 0 spiro atoms. The number of ether oxygens (including phenoxy) is 5. The number of guanidine groups is 1. The normalized spacial score (nSPS) is 12.3. The van der Waals surface area contributed by atoms with Crippen molar-refractivity contribution in [1.29, 1.82) is 0 Å². The number of rotatable bonds is 29. The molecule has 0 aliphatic carbocycles. The van der Waals surface area contributed by atoms with Gasteiger partial charge < -0.3 is 60.9 Å². The summed E-state index contributed by atoms with van der Waals surface area (Å²) in [5.41, 5.74) is 12.5. The highest BCUT2D eigenvalue weighted by molar-refractivity contribution is 7.54. The van der Waals surface area contributed by atoms with Crippen molar-refractivity contribution in [2.24, 2.45) is 10.7 Å². The molecule has 0 aliphatic heterocycles. The Balaban J connectivity index is 0.000000324. The second kappa shape index (κ2) is 36.1. The summed E-state index contributed by atoms with van der Waals surface area (Å²) in [6.07, 6.45) is 12.8. The lowest BCUT2D eigenvalue weighted by molar-refractivity contribution is -0.145. The van der Waals surface area contributed by atoms with Crippen molar-refractivity contribution in [2.45, 2.75) is 83.0 Å². The Labute approximate surface area is 564 Å². The lowest BCUT2D eigenvalue weighted by Crippen LogP contribution is -2.56. The van der Waals surface area contributed by atoms with Gasteiger partial charge in [0, 0.05) is 55.5 Å². The molecule has 0 heterocycles. The van der Waals surface area contributed by atoms with Crippen molar-refractivity contribution in [3.05, 3.63) is 182 Å². The zero-order chi connectivity index (χ0) is 70.9. The largest absolute Gasteiger partial charge is 0.496 e. The number of amides is 4. The van der Waals surface area contributed by atoms with Gasteiger partial charge in [-0.1, -0.05) is 115 Å². The molecule has 0 saturated heterocycles. The van der Waals surface area contributed by atoms with E-state index in [2.05, 4.69) is 75.7 Å². The molecule has 8 N–H and O–H groups in total. The molecule has 0 bridgehead atoms. The number of carbonyl (C=O) groups is 6. The monoisotopic (exact) mass is 1320 g/mol. The Hall–Kier alpha value is -10.7. The number of esters is 1. The number of nitrogens with two attached hydrogens (primary N) is 1. The van der Waals surface area contributed by atoms with Crippen LogP contribution in [0, 0.1) is 12.8 Å². The molecule has 4 atom stereocenters. The fourth-order valence-corrected chi connectivity index (χ4v) is 12.4. The van der Waals surface area contributed by atoms with Gasteiger partial charge >= 0.3 is 11.9 Å². The van der Waals surface area contributed by atoms with E-state index in [1.165, 1.54) is 33.4 Å². The van der Waals surface area contributed by atoms with E-state index in [-0.39, 0.29) is 38.2 Å². The first kappa shape index (κ1) is 72.7. The van der Waals surface area contributed by atoms with Crippen molar-refractivity contribution in [3.63, 3.8) is 0 Å². The second-order valence-electron chi connectivity index (χ2n) is 22.5. The zero-order valence-corrected chi connectivity index (χ0v) is 56.7. The van der Waals surface area contributed by atoms with E-state index in [1.807, 2.05) is 129 Å². The third-order valence-electron chi connectivity index (χ3n) is 15.7. The van der Waals surface area contributed by atoms with Gasteiger partial charge in [0.1, 0.15) is 48.5 Å². The third kappa shape index (κ3) is 18.4. The van der Waals surface area contributed by atoms with Gasteiger partial charge in [0.15, 0.2) is 5.96 Å². The average molecular weight is 1320 g/mol. The summed E-state index contributed by atoms with van der Waals surface area (Å²) in [6.45, 7) is 18.5. The molecular formula is C76H86N7O12P. The highest BCUT2D eigenvalue weighted by Gasteiger charge is 2.33. The molecule has 0 radical (unpaired) electrons. The van der Waals surface area contributed by atoms with Crippen molar-refractivity contribution < 1.29 is 58.9 Å². The van der Waals surface area contributed by atoms with Crippen molar-refractivity contribution in [3.8, 4) is 58.1 Å². The molecule has 96 heavy (non-hydrogen) atoms. The summed E-state index contributed by atoms with van der Waals surface area (Å²) in [5.74, 6) is -1.17. The van der Waals surface area contributed by atoms with E-state index < -0.39 is 67.8 Å². The fraction of sp³-hybridized carbons (Fsp3) is 0.276. The predicted molar refractivity (Wildman–Crippen MR) is 386 cm³/mol. The highest BCUT2D eigenvalue weighted by Crippen LogP contribution is 2.50. The second-order valence-corrected chi connectivity index (χ2v) is 24.5. The van der Waals surface area contributed by atoms with Crippen LogP contribution in [0.15, 0.2) is 164 Å². The number of aliphatic imine (C=N–C) groups is 1. The lowest BCUT2D eigenvalue weighted by Gasteiger charge is -2.26. The zero-order valence-electron chi connectivity index (χ0n) is 56.9. The summed E-state index contributed by atoms with van der Waals surface area (Å²) in [6, 6.07) is 35.6. The standard InChI is InChI=1S/C44H55N6O7P.C30H29NO5.C2H2/c1-9-16-30-24-28-18-11-13-20-32(28)37(39(30)55-4)38-33-21-14-12-19-29(33)25-31(40(38)56-5)26-36(47-27(3)51)42(53)48-34(22-15-23-46-44(45)50-58(7)8)41(52)49-35(17-10-2)43(54)57-6;1-5-10-21-15-19-11-6-8-13-23(19)26(28(21)35-3)27-24-14-9-7-12-20(24)16-22(29(27)36-4)17-25(30(33)34)31-18(2)32;1-2/h9-14,18-21,24-25,34-36H,1-2,15-17,22-23,26H2,3-8H3,(H,47,51)(H,48,53)(H,49,52)(H3,45,46,50);5-9,11-16,25H,1,10,17H2,2-4H3,(H,31,32)(H,33,34);1-2H/t34-,35-,36?;;/m0../s1/i;;1D. The van der Waals surface area contributed by atoms with Crippen LogP contribution in [-0.2, 0) is 59.2 Å². The Morgan fingerprint density at radius 1 is 0.562 bits per heavy atom. The number of hydrogen-bond acceptors (Lipinski definition) is 12. The van der Waals surface area contributed by atoms with Gasteiger partial charge in [0.05, 0.1) is 35.5 Å². The number of methoxy groups -OCH3 is 5. The number of allylic oxidation sites excluding steroid dienone is 2. The first-order valence-corrected chi connectivity index (χ1v) is 33.2. The van der Waals surface area contributed by atoms with E-state index in [0.717, 1.165) is 76.5 Å². The molecular weight excluding hydrogens is 1230 g/mol. The molecule has 20 heteroatoms. The van der Waals surface area contributed by atoms with Crippen LogP contribution in [0.4, 0.5) is 0 Å². The fourth-order valence-electron chi connectivity index (χ4n) is 11.8. The molecule has 0 aliphatic rings. The number of carboxylic acids is 1. The van der Waals surface area contributed by atoms with E-state index in [1.54, 1.807) is 28.4 Å². The average Bonchev–Trinajstić information content (AvgIpc) is 0.747. The number of fused-ring (bicyclic) bond motifs is 4. The summed E-state index contributed by atoms with van der Waals surface area (Å²) in [4.78, 5) is 81.3. The molecule has 8 rings (SSSR count). The van der Waals surface area contributed by atoms with E-state index in [4.69, 9.17) is 30.8 Å². The van der Waals surface area contributed by atoms with Crippen LogP contribution in [0.25, 0.3) is 65.3 Å². The van der Waals surface area contributed by atoms with Crippen LogP contribution in [0.2, 0.25) is 0 Å². The van der Waals surface area contributed by atoms with Crippen LogP contribution < -0.4 is 51.0 Å². The number of aliphatic carboxylic acids is 1. The molecule has 0 saturated carbocycles. The lowest BCUT2D eigenvalue weighted by atomic mass is 9.87. The van der Waals surface area contributed by atoms with E-state index in [0.29, 0.717) is 53.4 Å². The third-order valence-corrected chi connectivity index (χ3v) is 16.4. The number of carboxylic acid groups (broad SMARTS) is 1. The van der Waals surface area contributed by atoms with Crippen LogP contribution in [0.3, 0.4) is 0 Å². The molecule has 8 aromatic carbocycles. The van der Waals surface area contributed by atoms with Gasteiger partial charge in [0.25, 0.3) is 0 Å². The molecule has 19 nitrogen and oxygen atoms in total. The number of nitrogens with one attached hydrogen (secondary N) is 5. The molecule has 0 fully saturated rings. The Bertz CT molecular complexity index is 4280. The number of hydrogen-bond donors (Lipinski definition) is 7. The molecule has 2 unspecified atom stereocenters. The van der Waals surface area contributed by atoms with Gasteiger partial charge in [-0.05, 0) is 143 Å². The van der Waals surface area contributed by atoms with E-state index >= 15 is 0 Å². The van der Waals surface area contributed by atoms with Crippen molar-refractivity contribution in [1.82, 2.24) is 26.4 Å². The predicted octanol–water partition coefficient (Wildman–Crippen LogP) is 11.3. The minimum absolute atomic E-state index is 0.00187. The number of terminal acetylenes is 1. The molecule has 502 valence electrons. The van der Waals surface area contributed by atoms with Gasteiger partial charge in [-0.2, -0.15) is 0 Å². The summed E-state index contributed by atoms with van der Waals surface area (Å²) >= 11 is 0. The maximum Gasteiger partial charge on any atom is 0.328 e. The Kier molecular flexibility index (Phi) is 27.3. The number of carbonyl (C=O) groups excluding carboxylic acids is 5. The van der Waals surface area contributed by atoms with Crippen molar-refractivity contribution in [2.75, 3.05) is 55.4 Å². The number of nitrogens with zero attached hydrogens (tertiary/aromatic N) is 1. The van der Waals surface area contributed by atoms with Crippen LogP contribution >= 0.6 is 8.07 Å². The smallest absolute Gasteiger partial charge is 0.328 e. The molecule has 4 amide bonds. The molecule has 8 aromatic rings. The summed E-state index contributed by atoms with van der Waals surface area (Å²) in [5, 5.41) is 31.3. The summed E-state index contributed by atoms with van der Waals surface area (Å²) < 4.78 is 35.0. The van der Waals surface area contributed by atoms with Gasteiger partial charge in [-0.15, -0.1) is 32.6 Å². The highest BCUT2D eigenvalue weighted by atomic mass is 31.1. The van der Waals surface area contributed by atoms with Gasteiger partial charge in [0.2, 0.25) is 23.6 Å². The topological polar surface area (TPSA) is 267 Å². The van der Waals surface area contributed by atoms with Crippen LogP contribution in [0.1, 0.15) is 56.7 Å². The van der Waals surface area contributed by atoms with Gasteiger partial charge in [-0.3, -0.25) is 24.2 Å². The first-order chi connectivity index (χ1) is 46.7. The SMILES string of the molecule is C=CCc1cc2ccccc2c(-c2c(OC)c(CC(NC(C)=O)C(=O)N[C@@H](CCCN=C(N)NP(C)C)C(=O)N[C@@H](CC=C)C(=O)OC)cc3ccccc23)c1OC.C=CCc1cc2ccccc2c(-c2c(OC)c(CC(NC(C)=O)C(=O)O)cc3ccccc23)c1OC.[2H]C#C. The van der Waals surface area contributed by atoms with E-state index in [9.17, 15) is 33.9 Å². The minimum Gasteiger partial charge on any atom is -0.496 e. The maximum atomic E-state index is 14.3. The Morgan fingerprint density at radius 3 is 1.27 bits per heavy atom. The maximum absolute atomic E-state index is 14.3. The number of benzene rings is 8. The Morgan fingerprint density at radius 2 is 0.917 bits per heavy atom. The van der Waals surface area contributed by atoms with Crippen LogP contribution in [-0.4, -0.2) is 126 Å². The van der Waals surface area contributed by atoms with Crippen LogP contribution in [0.5, 0.6) is 23.0 Å². The molecule has 0 aromatic heterocycles. The minimum atomic E-state index is -1.14. The van der Waals surface area contributed by atoms with Crippen molar-refractivity contribution >= 4 is 92.7 Å². The first-order valence-electron chi connectivity index (χ1n) is 31.4. The van der Waals surface area contributed by atoms with Gasteiger partial charge in [-0.25, -0.2) is 9.59 Å². The summed E-state index contributed by atoms with van der Waals surface area (Å²) in [7, 11) is 7.13.